The first-order chi connectivity index (χ1) is 13.6. The average Bonchev–Trinajstić information content (AvgIpc) is 3.20. The van der Waals surface area contributed by atoms with Crippen LogP contribution >= 0.6 is 0 Å². The predicted molar refractivity (Wildman–Crippen MR) is 107 cm³/mol. The number of ether oxygens (including phenoxy) is 1. The zero-order chi connectivity index (χ0) is 19.5. The van der Waals surface area contributed by atoms with Gasteiger partial charge in [0.2, 0.25) is 0 Å². The van der Waals surface area contributed by atoms with Crippen LogP contribution in [0.25, 0.3) is 10.9 Å². The highest BCUT2D eigenvalue weighted by atomic mass is 16.5. The molecule has 1 fully saturated rings. The fourth-order valence-electron chi connectivity index (χ4n) is 3.60. The maximum atomic E-state index is 13.2. The molecule has 0 unspecified atom stereocenters. The Labute approximate surface area is 163 Å². The molecule has 28 heavy (non-hydrogen) atoms. The van der Waals surface area contributed by atoms with Crippen LogP contribution in [0.4, 0.5) is 0 Å². The fraction of sp³-hybridized carbons (Fsp3) is 0.318. The molecule has 3 aromatic rings. The van der Waals surface area contributed by atoms with E-state index < -0.39 is 0 Å². The molecule has 2 heterocycles. The normalized spacial score (nSPS) is 16.4. The van der Waals surface area contributed by atoms with Crippen LogP contribution in [-0.4, -0.2) is 40.0 Å². The van der Waals surface area contributed by atoms with Crippen molar-refractivity contribution in [3.8, 4) is 0 Å². The Balaban J connectivity index is 1.65. The number of hydrogen-bond acceptors (Lipinski definition) is 4. The number of nitrogens with one attached hydrogen (secondary N) is 1. The Morgan fingerprint density at radius 2 is 2.11 bits per heavy atom. The van der Waals surface area contributed by atoms with E-state index in [1.54, 1.807) is 17.0 Å². The number of fused-ring (bicyclic) bond motifs is 1. The zero-order valence-electron chi connectivity index (χ0n) is 15.9. The van der Waals surface area contributed by atoms with E-state index in [9.17, 15) is 9.59 Å². The van der Waals surface area contributed by atoms with Crippen LogP contribution in [0.2, 0.25) is 0 Å². The molecule has 4 rings (SSSR count). The van der Waals surface area contributed by atoms with Crippen molar-refractivity contribution in [1.82, 2.24) is 14.9 Å². The van der Waals surface area contributed by atoms with E-state index in [1.807, 2.05) is 43.3 Å². The summed E-state index contributed by atoms with van der Waals surface area (Å²) in [4.78, 5) is 34.7. The van der Waals surface area contributed by atoms with Gasteiger partial charge in [-0.2, -0.15) is 0 Å². The molecule has 0 radical (unpaired) electrons. The van der Waals surface area contributed by atoms with Crippen LogP contribution in [0.1, 0.15) is 34.6 Å². The smallest absolute Gasteiger partial charge is 0.258 e. The van der Waals surface area contributed by atoms with Gasteiger partial charge in [0.05, 0.1) is 23.6 Å². The molecule has 0 aliphatic carbocycles. The molecule has 6 nitrogen and oxygen atoms in total. The van der Waals surface area contributed by atoms with E-state index in [4.69, 9.17) is 4.74 Å². The number of nitrogens with zero attached hydrogens (tertiary/aromatic N) is 2. The Kier molecular flexibility index (Phi) is 5.21. The van der Waals surface area contributed by atoms with Crippen molar-refractivity contribution in [3.05, 3.63) is 75.8 Å². The minimum absolute atomic E-state index is 0.0148. The lowest BCUT2D eigenvalue weighted by atomic mass is 10.1. The number of carbonyl (C=O) groups excluding carboxylic acids is 1. The molecule has 1 saturated heterocycles. The molecule has 1 atom stereocenters. The van der Waals surface area contributed by atoms with E-state index >= 15 is 0 Å². The number of aromatic nitrogens is 2. The number of aromatic amines is 1. The molecule has 1 aliphatic heterocycles. The van der Waals surface area contributed by atoms with Crippen LogP contribution in [0.3, 0.4) is 0 Å². The third kappa shape index (κ3) is 3.97. The number of H-pyrrole nitrogens is 1. The van der Waals surface area contributed by atoms with Gasteiger partial charge < -0.3 is 14.6 Å². The lowest BCUT2D eigenvalue weighted by Gasteiger charge is -2.25. The number of benzene rings is 2. The summed E-state index contributed by atoms with van der Waals surface area (Å²) in [7, 11) is 0. The van der Waals surface area contributed by atoms with Crippen LogP contribution in [0, 0.1) is 6.92 Å². The molecule has 0 bridgehead atoms. The Morgan fingerprint density at radius 1 is 1.25 bits per heavy atom. The average molecular weight is 377 g/mol. The minimum Gasteiger partial charge on any atom is -0.376 e. The molecule has 1 aromatic heterocycles. The summed E-state index contributed by atoms with van der Waals surface area (Å²) in [6.07, 6.45) is 1.95. The maximum absolute atomic E-state index is 13.2. The Hall–Kier alpha value is -2.99. The first-order valence-electron chi connectivity index (χ1n) is 9.55. The number of amides is 1. The van der Waals surface area contributed by atoms with E-state index in [1.165, 1.54) is 0 Å². The second-order valence-electron chi connectivity index (χ2n) is 7.22. The van der Waals surface area contributed by atoms with Crippen LogP contribution in [0.15, 0.2) is 53.3 Å². The van der Waals surface area contributed by atoms with Gasteiger partial charge in [0.25, 0.3) is 11.5 Å². The van der Waals surface area contributed by atoms with Crippen molar-refractivity contribution in [3.63, 3.8) is 0 Å². The number of rotatable bonds is 5. The number of hydrogen-bond donors (Lipinski definition) is 1. The van der Waals surface area contributed by atoms with E-state index in [0.717, 1.165) is 25.0 Å². The summed E-state index contributed by atoms with van der Waals surface area (Å²) >= 11 is 0. The first-order valence-corrected chi connectivity index (χ1v) is 9.55. The number of aryl methyl sites for hydroxylation is 1. The quantitative estimate of drug-likeness (QED) is 0.742. The minimum atomic E-state index is -0.194. The third-order valence-corrected chi connectivity index (χ3v) is 5.00. The van der Waals surface area contributed by atoms with Gasteiger partial charge in [0, 0.05) is 18.7 Å². The Bertz CT molecular complexity index is 1050. The fourth-order valence-corrected chi connectivity index (χ4v) is 3.60. The molecule has 1 aliphatic rings. The third-order valence-electron chi connectivity index (χ3n) is 5.00. The lowest BCUT2D eigenvalue weighted by Crippen LogP contribution is -2.38. The highest BCUT2D eigenvalue weighted by Gasteiger charge is 2.24. The zero-order valence-corrected chi connectivity index (χ0v) is 15.9. The highest BCUT2D eigenvalue weighted by Crippen LogP contribution is 2.17. The SMILES string of the molecule is Cc1cccc(C(=O)N(Cc2nc3ccccc3c(=O)[nH]2)C[C@@H]2CCCO2)c1. The molecular weight excluding hydrogens is 354 g/mol. The van der Waals surface area contributed by atoms with Gasteiger partial charge in [-0.25, -0.2) is 4.98 Å². The van der Waals surface area contributed by atoms with Gasteiger partial charge in [-0.1, -0.05) is 29.8 Å². The van der Waals surface area contributed by atoms with Gasteiger partial charge in [0.1, 0.15) is 5.82 Å². The topological polar surface area (TPSA) is 75.3 Å². The van der Waals surface area contributed by atoms with Gasteiger partial charge in [-0.3, -0.25) is 9.59 Å². The number of para-hydroxylation sites is 1. The Morgan fingerprint density at radius 3 is 2.89 bits per heavy atom. The molecular formula is C22H23N3O3. The van der Waals surface area contributed by atoms with Gasteiger partial charge in [-0.15, -0.1) is 0 Å². The monoisotopic (exact) mass is 377 g/mol. The van der Waals surface area contributed by atoms with Crippen molar-refractivity contribution in [2.45, 2.75) is 32.4 Å². The largest absolute Gasteiger partial charge is 0.376 e. The lowest BCUT2D eigenvalue weighted by molar-refractivity contribution is 0.0501. The van der Waals surface area contributed by atoms with E-state index in [-0.39, 0.29) is 24.1 Å². The van der Waals surface area contributed by atoms with E-state index in [2.05, 4.69) is 9.97 Å². The van der Waals surface area contributed by atoms with Crippen molar-refractivity contribution in [1.29, 1.82) is 0 Å². The second kappa shape index (κ2) is 7.94. The summed E-state index contributed by atoms with van der Waals surface area (Å²) in [5.41, 5.74) is 2.09. The number of carbonyl (C=O) groups is 1. The van der Waals surface area contributed by atoms with Crippen molar-refractivity contribution < 1.29 is 9.53 Å². The molecule has 1 N–H and O–H groups in total. The van der Waals surface area contributed by atoms with Crippen LogP contribution in [0.5, 0.6) is 0 Å². The predicted octanol–water partition coefficient (Wildman–Crippen LogP) is 3.05. The molecule has 0 saturated carbocycles. The van der Waals surface area contributed by atoms with Gasteiger partial charge >= 0.3 is 0 Å². The standard InChI is InChI=1S/C22H23N3O3/c1-15-6-4-7-16(12-15)22(27)25(13-17-8-5-11-28-17)14-20-23-19-10-3-2-9-18(19)21(26)24-20/h2-4,6-7,9-10,12,17H,5,8,11,13-14H2,1H3,(H,23,24,26)/t17-/m0/s1. The first kappa shape index (κ1) is 18.4. The van der Waals surface area contributed by atoms with E-state index in [0.29, 0.717) is 28.8 Å². The summed E-state index contributed by atoms with van der Waals surface area (Å²) in [6, 6.07) is 14.7. The molecule has 1 amide bonds. The molecule has 6 heteroatoms. The maximum Gasteiger partial charge on any atom is 0.258 e. The summed E-state index contributed by atoms with van der Waals surface area (Å²) in [6.45, 7) is 3.39. The summed E-state index contributed by atoms with van der Waals surface area (Å²) < 4.78 is 5.74. The summed E-state index contributed by atoms with van der Waals surface area (Å²) in [5.74, 6) is 0.387. The van der Waals surface area contributed by atoms with Crippen molar-refractivity contribution in [2.75, 3.05) is 13.2 Å². The second-order valence-corrected chi connectivity index (χ2v) is 7.22. The summed E-state index contributed by atoms with van der Waals surface area (Å²) in [5, 5.41) is 0.543. The van der Waals surface area contributed by atoms with Crippen LogP contribution in [-0.2, 0) is 11.3 Å². The van der Waals surface area contributed by atoms with Crippen molar-refractivity contribution in [2.24, 2.45) is 0 Å². The molecule has 144 valence electrons. The highest BCUT2D eigenvalue weighted by molar-refractivity contribution is 5.94. The van der Waals surface area contributed by atoms with Gasteiger partial charge in [0.15, 0.2) is 0 Å². The van der Waals surface area contributed by atoms with Crippen LogP contribution < -0.4 is 5.56 Å². The molecule has 2 aromatic carbocycles. The molecule has 0 spiro atoms. The van der Waals surface area contributed by atoms with Gasteiger partial charge in [-0.05, 0) is 44.0 Å². The van der Waals surface area contributed by atoms with Crippen molar-refractivity contribution >= 4 is 16.8 Å².